The van der Waals surface area contributed by atoms with Crippen LogP contribution < -0.4 is 10.9 Å². The van der Waals surface area contributed by atoms with Gasteiger partial charge in [0.25, 0.3) is 5.91 Å². The van der Waals surface area contributed by atoms with Crippen LogP contribution in [0.4, 0.5) is 5.69 Å². The summed E-state index contributed by atoms with van der Waals surface area (Å²) >= 11 is 0. The van der Waals surface area contributed by atoms with E-state index in [1.807, 2.05) is 0 Å². The number of phenolic OH excluding ortho intramolecular Hbond substituents is 1. The lowest BCUT2D eigenvalue weighted by Gasteiger charge is -2.11. The summed E-state index contributed by atoms with van der Waals surface area (Å²) < 4.78 is 16.5. The van der Waals surface area contributed by atoms with Crippen LogP contribution in [-0.2, 0) is 9.47 Å². The molecule has 1 aromatic heterocycles. The molecule has 1 fully saturated rings. The number of nitrogens with one attached hydrogen (secondary N) is 1. The van der Waals surface area contributed by atoms with Gasteiger partial charge in [-0.2, -0.15) is 0 Å². The van der Waals surface area contributed by atoms with Crippen molar-refractivity contribution in [2.75, 3.05) is 19.8 Å². The maximum absolute atomic E-state index is 13.0. The number of hydrogen-bond donors (Lipinski definition) is 2. The second-order valence-electron chi connectivity index (χ2n) is 7.42. The van der Waals surface area contributed by atoms with E-state index in [1.165, 1.54) is 12.1 Å². The van der Waals surface area contributed by atoms with E-state index in [-0.39, 0.29) is 35.5 Å². The number of aromatic hydroxyl groups is 1. The van der Waals surface area contributed by atoms with Crippen LogP contribution in [0.5, 0.6) is 5.75 Å². The Hall–Kier alpha value is -3.65. The van der Waals surface area contributed by atoms with E-state index in [4.69, 9.17) is 13.9 Å². The molecule has 8 heteroatoms. The SMILES string of the molecule is CCOC(=O)c1cccc(N=c2oc3cc(O)ccc3cc2C(=O)NC[C@@H]2CCCO2)c1. The summed E-state index contributed by atoms with van der Waals surface area (Å²) in [5.74, 6) is -0.772. The van der Waals surface area contributed by atoms with Gasteiger partial charge in [0.15, 0.2) is 0 Å². The van der Waals surface area contributed by atoms with E-state index in [0.717, 1.165) is 12.8 Å². The number of benzene rings is 2. The number of esters is 1. The first-order chi connectivity index (χ1) is 15.5. The minimum atomic E-state index is -0.459. The molecule has 0 spiro atoms. The molecule has 0 unspecified atom stereocenters. The highest BCUT2D eigenvalue weighted by Crippen LogP contribution is 2.21. The van der Waals surface area contributed by atoms with Crippen molar-refractivity contribution in [3.8, 4) is 5.75 Å². The van der Waals surface area contributed by atoms with Gasteiger partial charge in [-0.1, -0.05) is 6.07 Å². The van der Waals surface area contributed by atoms with Crippen molar-refractivity contribution in [1.82, 2.24) is 5.32 Å². The first kappa shape index (κ1) is 21.6. The van der Waals surface area contributed by atoms with Gasteiger partial charge in [-0.25, -0.2) is 9.79 Å². The maximum Gasteiger partial charge on any atom is 0.338 e. The molecular weight excluding hydrogens is 412 g/mol. The number of nitrogens with zero attached hydrogens (tertiary/aromatic N) is 1. The Morgan fingerprint density at radius 1 is 1.22 bits per heavy atom. The van der Waals surface area contributed by atoms with Crippen molar-refractivity contribution in [3.05, 3.63) is 65.2 Å². The Morgan fingerprint density at radius 2 is 2.09 bits per heavy atom. The van der Waals surface area contributed by atoms with Gasteiger partial charge in [0.1, 0.15) is 16.9 Å². The topological polar surface area (TPSA) is 110 Å². The molecule has 0 radical (unpaired) electrons. The molecule has 0 aliphatic carbocycles. The average molecular weight is 436 g/mol. The van der Waals surface area contributed by atoms with Crippen LogP contribution in [0.1, 0.15) is 40.5 Å². The number of hydrogen-bond acceptors (Lipinski definition) is 7. The van der Waals surface area contributed by atoms with E-state index in [0.29, 0.717) is 35.4 Å². The normalized spacial score (nSPS) is 16.3. The minimum absolute atomic E-state index is 0.00468. The fourth-order valence-corrected chi connectivity index (χ4v) is 3.49. The predicted molar refractivity (Wildman–Crippen MR) is 117 cm³/mol. The molecule has 2 N–H and O–H groups in total. The lowest BCUT2D eigenvalue weighted by molar-refractivity contribution is 0.0526. The molecule has 2 aromatic carbocycles. The van der Waals surface area contributed by atoms with Gasteiger partial charge in [-0.15, -0.1) is 0 Å². The molecule has 2 heterocycles. The second kappa shape index (κ2) is 9.65. The molecule has 1 aliphatic rings. The molecule has 1 aliphatic heterocycles. The van der Waals surface area contributed by atoms with Gasteiger partial charge in [0, 0.05) is 24.6 Å². The molecule has 3 aromatic rings. The van der Waals surface area contributed by atoms with Crippen LogP contribution in [0.2, 0.25) is 0 Å². The molecule has 32 heavy (non-hydrogen) atoms. The average Bonchev–Trinajstić information content (AvgIpc) is 3.31. The fourth-order valence-electron chi connectivity index (χ4n) is 3.49. The highest BCUT2D eigenvalue weighted by Gasteiger charge is 2.19. The Balaban J connectivity index is 1.74. The number of amides is 1. The highest BCUT2D eigenvalue weighted by molar-refractivity contribution is 5.96. The van der Waals surface area contributed by atoms with Crippen molar-refractivity contribution >= 4 is 28.5 Å². The maximum atomic E-state index is 13.0. The van der Waals surface area contributed by atoms with E-state index >= 15 is 0 Å². The number of phenols is 1. The van der Waals surface area contributed by atoms with Crippen LogP contribution in [-0.4, -0.2) is 42.8 Å². The molecule has 1 atom stereocenters. The molecule has 8 nitrogen and oxygen atoms in total. The number of rotatable bonds is 6. The molecule has 1 amide bonds. The third-order valence-electron chi connectivity index (χ3n) is 5.08. The van der Waals surface area contributed by atoms with Crippen molar-refractivity contribution in [3.63, 3.8) is 0 Å². The van der Waals surface area contributed by atoms with E-state index in [9.17, 15) is 14.7 Å². The van der Waals surface area contributed by atoms with Crippen LogP contribution in [0.15, 0.2) is 57.9 Å². The first-order valence-corrected chi connectivity index (χ1v) is 10.5. The second-order valence-corrected chi connectivity index (χ2v) is 7.42. The Labute approximate surface area is 184 Å². The quantitative estimate of drug-likeness (QED) is 0.573. The molecule has 0 bridgehead atoms. The minimum Gasteiger partial charge on any atom is -0.508 e. The monoisotopic (exact) mass is 436 g/mol. The van der Waals surface area contributed by atoms with Crippen molar-refractivity contribution in [1.29, 1.82) is 0 Å². The first-order valence-electron chi connectivity index (χ1n) is 10.5. The number of ether oxygens (including phenoxy) is 2. The molecular formula is C24H24N2O6. The van der Waals surface area contributed by atoms with Crippen LogP contribution >= 0.6 is 0 Å². The van der Waals surface area contributed by atoms with E-state index in [1.54, 1.807) is 43.3 Å². The molecule has 4 rings (SSSR count). The van der Waals surface area contributed by atoms with E-state index < -0.39 is 5.97 Å². The standard InChI is InChI=1S/C24H24N2O6/c1-2-30-24(29)16-5-3-6-17(11-16)26-23-20(22(28)25-14-19-7-4-10-31-19)12-15-8-9-18(27)13-21(15)32-23/h3,5-6,8-9,11-13,19,27H,2,4,7,10,14H2,1H3,(H,25,28)/t19-/m0/s1. The number of fused-ring (bicyclic) bond motifs is 1. The number of carbonyl (C=O) groups excluding carboxylic acids is 2. The van der Waals surface area contributed by atoms with Crippen molar-refractivity contribution in [2.45, 2.75) is 25.9 Å². The summed E-state index contributed by atoms with van der Waals surface area (Å²) in [5.41, 5.74) is 1.44. The van der Waals surface area contributed by atoms with Crippen LogP contribution in [0.25, 0.3) is 11.0 Å². The highest BCUT2D eigenvalue weighted by atomic mass is 16.5. The Bertz CT molecular complexity index is 1210. The summed E-state index contributed by atoms with van der Waals surface area (Å²) in [7, 11) is 0. The predicted octanol–water partition coefficient (Wildman–Crippen LogP) is 3.46. The van der Waals surface area contributed by atoms with Crippen molar-refractivity contribution in [2.24, 2.45) is 4.99 Å². The fraction of sp³-hybridized carbons (Fsp3) is 0.292. The lowest BCUT2D eigenvalue weighted by Crippen LogP contribution is -2.34. The van der Waals surface area contributed by atoms with Gasteiger partial charge in [0.05, 0.1) is 24.0 Å². The zero-order valence-corrected chi connectivity index (χ0v) is 17.7. The van der Waals surface area contributed by atoms with Crippen LogP contribution in [0, 0.1) is 0 Å². The zero-order chi connectivity index (χ0) is 22.5. The zero-order valence-electron chi connectivity index (χ0n) is 17.7. The van der Waals surface area contributed by atoms with Crippen molar-refractivity contribution < 1.29 is 28.6 Å². The molecule has 0 saturated carbocycles. The van der Waals surface area contributed by atoms with E-state index in [2.05, 4.69) is 10.3 Å². The summed E-state index contributed by atoms with van der Waals surface area (Å²) in [6, 6.07) is 12.9. The van der Waals surface area contributed by atoms with Gasteiger partial charge >= 0.3 is 5.97 Å². The third-order valence-corrected chi connectivity index (χ3v) is 5.08. The number of carbonyl (C=O) groups is 2. The summed E-state index contributed by atoms with van der Waals surface area (Å²) in [4.78, 5) is 29.5. The summed E-state index contributed by atoms with van der Waals surface area (Å²) in [6.45, 7) is 3.09. The Kier molecular flexibility index (Phi) is 6.51. The largest absolute Gasteiger partial charge is 0.508 e. The molecule has 1 saturated heterocycles. The lowest BCUT2D eigenvalue weighted by atomic mass is 10.1. The van der Waals surface area contributed by atoms with Gasteiger partial charge in [-0.05, 0) is 56.2 Å². The van der Waals surface area contributed by atoms with Crippen LogP contribution in [0.3, 0.4) is 0 Å². The summed E-state index contributed by atoms with van der Waals surface area (Å²) in [5, 5.41) is 13.3. The van der Waals surface area contributed by atoms with Gasteiger partial charge in [0.2, 0.25) is 5.55 Å². The van der Waals surface area contributed by atoms with Gasteiger partial charge < -0.3 is 24.3 Å². The third kappa shape index (κ3) is 4.97. The smallest absolute Gasteiger partial charge is 0.338 e. The molecule has 166 valence electrons. The Morgan fingerprint density at radius 3 is 2.88 bits per heavy atom. The van der Waals surface area contributed by atoms with Gasteiger partial charge in [-0.3, -0.25) is 4.79 Å². The summed E-state index contributed by atoms with van der Waals surface area (Å²) in [6.07, 6.45) is 1.88.